The number of hydrogen-bond acceptors (Lipinski definition) is 6. The third-order valence-electron chi connectivity index (χ3n) is 4.42. The van der Waals surface area contributed by atoms with Gasteiger partial charge >= 0.3 is 5.69 Å². The lowest BCUT2D eigenvalue weighted by molar-refractivity contribution is -0.385. The molecule has 10 nitrogen and oxygen atoms in total. The summed E-state index contributed by atoms with van der Waals surface area (Å²) < 4.78 is 8.78. The van der Waals surface area contributed by atoms with Crippen molar-refractivity contribution in [1.29, 1.82) is 0 Å². The number of benzene rings is 1. The average Bonchev–Trinajstić information content (AvgIpc) is 3.25. The molecule has 2 aromatic heterocycles. The Hall–Kier alpha value is -3.69. The number of carbonyl (C=O) groups is 1. The van der Waals surface area contributed by atoms with Crippen molar-refractivity contribution in [3.8, 4) is 5.75 Å². The lowest BCUT2D eigenvalue weighted by atomic mass is 10.1. The van der Waals surface area contributed by atoms with Gasteiger partial charge in [0.25, 0.3) is 0 Å². The molecule has 10 heteroatoms. The van der Waals surface area contributed by atoms with Crippen molar-refractivity contribution >= 4 is 17.3 Å². The van der Waals surface area contributed by atoms with E-state index in [1.54, 1.807) is 17.8 Å². The molecule has 0 fully saturated rings. The quantitative estimate of drug-likeness (QED) is 0.460. The van der Waals surface area contributed by atoms with Crippen molar-refractivity contribution < 1.29 is 14.5 Å². The molecule has 29 heavy (non-hydrogen) atoms. The molecule has 1 aromatic carbocycles. The van der Waals surface area contributed by atoms with Gasteiger partial charge in [0.15, 0.2) is 6.73 Å². The third-order valence-corrected chi connectivity index (χ3v) is 4.42. The van der Waals surface area contributed by atoms with Crippen molar-refractivity contribution in [3.05, 3.63) is 63.7 Å². The first-order chi connectivity index (χ1) is 13.8. The molecule has 152 valence electrons. The zero-order chi connectivity index (χ0) is 21.0. The Balaban J connectivity index is 1.50. The van der Waals surface area contributed by atoms with Crippen LogP contribution >= 0.6 is 0 Å². The molecule has 0 unspecified atom stereocenters. The number of rotatable bonds is 8. The van der Waals surface area contributed by atoms with Crippen LogP contribution in [0.1, 0.15) is 23.2 Å². The lowest BCUT2D eigenvalue weighted by Gasteiger charge is -2.09. The molecule has 1 N–H and O–H groups in total. The Morgan fingerprint density at radius 1 is 1.24 bits per heavy atom. The molecule has 3 aromatic rings. The van der Waals surface area contributed by atoms with Crippen LogP contribution in [-0.4, -0.2) is 30.4 Å². The van der Waals surface area contributed by atoms with Crippen LogP contribution in [0.3, 0.4) is 0 Å². The lowest BCUT2D eigenvalue weighted by Crippen LogP contribution is -2.15. The fraction of sp³-hybridized carbons (Fsp3) is 0.316. The summed E-state index contributed by atoms with van der Waals surface area (Å²) in [4.78, 5) is 22.5. The molecule has 0 aliphatic carbocycles. The first-order valence-corrected chi connectivity index (χ1v) is 9.02. The maximum absolute atomic E-state index is 12.1. The highest BCUT2D eigenvalue weighted by atomic mass is 16.6. The van der Waals surface area contributed by atoms with Crippen molar-refractivity contribution in [2.24, 2.45) is 0 Å². The van der Waals surface area contributed by atoms with Gasteiger partial charge in [-0.25, -0.2) is 4.68 Å². The van der Waals surface area contributed by atoms with Gasteiger partial charge in [-0.1, -0.05) is 17.7 Å². The second kappa shape index (κ2) is 8.55. The van der Waals surface area contributed by atoms with Gasteiger partial charge in [0.1, 0.15) is 17.6 Å². The SMILES string of the molecule is Cc1ccc(OCn2cc(NC(=O)CCn3ncc([N+](=O)[O-])c3C)cn2)c(C)c1. The smallest absolute Gasteiger partial charge is 0.309 e. The van der Waals surface area contributed by atoms with Gasteiger partial charge in [0, 0.05) is 6.42 Å². The van der Waals surface area contributed by atoms with Gasteiger partial charge in [-0.3, -0.25) is 19.6 Å². The van der Waals surface area contributed by atoms with E-state index in [-0.39, 0.29) is 31.3 Å². The average molecular weight is 398 g/mol. The molecule has 0 bridgehead atoms. The van der Waals surface area contributed by atoms with Gasteiger partial charge in [-0.2, -0.15) is 10.2 Å². The van der Waals surface area contributed by atoms with E-state index in [4.69, 9.17) is 4.74 Å². The number of ether oxygens (including phenoxy) is 1. The number of anilines is 1. The van der Waals surface area contributed by atoms with Gasteiger partial charge in [-0.05, 0) is 32.4 Å². The fourth-order valence-corrected chi connectivity index (χ4v) is 2.87. The third kappa shape index (κ3) is 4.98. The van der Waals surface area contributed by atoms with Crippen LogP contribution in [-0.2, 0) is 18.1 Å². The molecule has 0 atom stereocenters. The number of nitrogens with one attached hydrogen (secondary N) is 1. The van der Waals surface area contributed by atoms with E-state index in [0.717, 1.165) is 11.3 Å². The second-order valence-electron chi connectivity index (χ2n) is 6.70. The van der Waals surface area contributed by atoms with Crippen LogP contribution in [0.25, 0.3) is 0 Å². The summed E-state index contributed by atoms with van der Waals surface area (Å²) in [6.07, 6.45) is 4.52. The largest absolute Gasteiger partial charge is 0.471 e. The van der Waals surface area contributed by atoms with E-state index in [9.17, 15) is 14.9 Å². The van der Waals surface area contributed by atoms with Crippen molar-refractivity contribution in [2.75, 3.05) is 5.32 Å². The van der Waals surface area contributed by atoms with Crippen LogP contribution in [0.5, 0.6) is 5.75 Å². The summed E-state index contributed by atoms with van der Waals surface area (Å²) in [6, 6.07) is 5.94. The van der Waals surface area contributed by atoms with Crippen molar-refractivity contribution in [2.45, 2.75) is 40.5 Å². The van der Waals surface area contributed by atoms with Gasteiger partial charge < -0.3 is 10.1 Å². The number of carbonyl (C=O) groups excluding carboxylic acids is 1. The molecule has 0 saturated carbocycles. The topological polar surface area (TPSA) is 117 Å². The number of nitrogens with zero attached hydrogens (tertiary/aromatic N) is 5. The second-order valence-corrected chi connectivity index (χ2v) is 6.70. The number of hydrogen-bond donors (Lipinski definition) is 1. The van der Waals surface area contributed by atoms with Gasteiger partial charge in [-0.15, -0.1) is 0 Å². The molecule has 0 spiro atoms. The van der Waals surface area contributed by atoms with Crippen LogP contribution in [0, 0.1) is 30.9 Å². The highest BCUT2D eigenvalue weighted by Crippen LogP contribution is 2.19. The summed E-state index contributed by atoms with van der Waals surface area (Å²) >= 11 is 0. The Labute approximate surface area is 167 Å². The summed E-state index contributed by atoms with van der Waals surface area (Å²) in [5.41, 5.74) is 3.11. The van der Waals surface area contributed by atoms with E-state index in [1.807, 2.05) is 32.0 Å². The number of amides is 1. The molecule has 0 aliphatic rings. The Morgan fingerprint density at radius 3 is 2.72 bits per heavy atom. The predicted molar refractivity (Wildman–Crippen MR) is 106 cm³/mol. The molecule has 0 radical (unpaired) electrons. The van der Waals surface area contributed by atoms with Crippen LogP contribution in [0.15, 0.2) is 36.8 Å². The maximum atomic E-state index is 12.1. The Morgan fingerprint density at radius 2 is 2.03 bits per heavy atom. The van der Waals surface area contributed by atoms with Crippen LogP contribution < -0.4 is 10.1 Å². The number of nitro groups is 1. The number of aromatic nitrogens is 4. The zero-order valence-electron chi connectivity index (χ0n) is 16.5. The first-order valence-electron chi connectivity index (χ1n) is 9.02. The molecule has 0 saturated heterocycles. The standard InChI is InChI=1S/C19H22N6O4/c1-13-4-5-18(14(2)8-13)29-12-23-11-16(9-20-23)22-19(26)6-7-24-15(3)17(10-21-24)25(27)28/h4-5,8-11H,6-7,12H2,1-3H3,(H,22,26). The fourth-order valence-electron chi connectivity index (χ4n) is 2.87. The Bertz CT molecular complexity index is 1040. The maximum Gasteiger partial charge on any atom is 0.309 e. The summed E-state index contributed by atoms with van der Waals surface area (Å²) in [5, 5.41) is 21.7. The highest BCUT2D eigenvalue weighted by Gasteiger charge is 2.16. The first kappa shape index (κ1) is 20.1. The summed E-state index contributed by atoms with van der Waals surface area (Å²) in [7, 11) is 0. The molecule has 2 heterocycles. The minimum atomic E-state index is -0.493. The molecule has 3 rings (SSSR count). The van der Waals surface area contributed by atoms with E-state index < -0.39 is 4.92 Å². The van der Waals surface area contributed by atoms with E-state index in [1.165, 1.54) is 22.6 Å². The normalized spacial score (nSPS) is 10.7. The highest BCUT2D eigenvalue weighted by molar-refractivity contribution is 5.90. The monoisotopic (exact) mass is 398 g/mol. The van der Waals surface area contributed by atoms with Crippen LogP contribution in [0.2, 0.25) is 0 Å². The number of aryl methyl sites for hydroxylation is 3. The summed E-state index contributed by atoms with van der Waals surface area (Å²) in [5.74, 6) is 0.540. The molecular formula is C19H22N6O4. The molecule has 0 aliphatic heterocycles. The van der Waals surface area contributed by atoms with E-state index in [2.05, 4.69) is 15.5 Å². The van der Waals surface area contributed by atoms with Gasteiger partial charge in [0.2, 0.25) is 5.91 Å². The van der Waals surface area contributed by atoms with Gasteiger partial charge in [0.05, 0.1) is 29.5 Å². The van der Waals surface area contributed by atoms with E-state index >= 15 is 0 Å². The minimum Gasteiger partial charge on any atom is -0.471 e. The van der Waals surface area contributed by atoms with Crippen LogP contribution in [0.4, 0.5) is 11.4 Å². The summed E-state index contributed by atoms with van der Waals surface area (Å²) in [6.45, 7) is 6.06. The predicted octanol–water partition coefficient (Wildman–Crippen LogP) is 2.98. The van der Waals surface area contributed by atoms with E-state index in [0.29, 0.717) is 11.4 Å². The zero-order valence-corrected chi connectivity index (χ0v) is 16.5. The van der Waals surface area contributed by atoms with Crippen molar-refractivity contribution in [3.63, 3.8) is 0 Å². The molecule has 1 amide bonds. The minimum absolute atomic E-state index is 0.0597. The molecular weight excluding hydrogens is 376 g/mol. The Kier molecular flexibility index (Phi) is 5.91. The van der Waals surface area contributed by atoms with Crippen molar-refractivity contribution in [1.82, 2.24) is 19.6 Å².